The van der Waals surface area contributed by atoms with E-state index in [1.807, 2.05) is 6.92 Å². The summed E-state index contributed by atoms with van der Waals surface area (Å²) in [7, 11) is 0. The van der Waals surface area contributed by atoms with Crippen LogP contribution in [0.25, 0.3) is 11.3 Å². The van der Waals surface area contributed by atoms with E-state index < -0.39 is 11.7 Å². The Morgan fingerprint density at radius 3 is 2.66 bits per heavy atom. The van der Waals surface area contributed by atoms with Crippen LogP contribution < -0.4 is 16.2 Å². The minimum atomic E-state index is -4.41. The minimum Gasteiger partial charge on any atom is -0.488 e. The van der Waals surface area contributed by atoms with E-state index in [9.17, 15) is 13.2 Å². The van der Waals surface area contributed by atoms with Crippen molar-refractivity contribution in [1.82, 2.24) is 15.1 Å². The fourth-order valence-corrected chi connectivity index (χ4v) is 2.78. The predicted octanol–water partition coefficient (Wildman–Crippen LogP) is 3.89. The van der Waals surface area contributed by atoms with Crippen molar-refractivity contribution in [2.45, 2.75) is 32.4 Å². The molecule has 0 saturated heterocycles. The number of nitrogens with zero attached hydrogens (tertiary/aromatic N) is 3. The summed E-state index contributed by atoms with van der Waals surface area (Å²) in [5.41, 5.74) is 12.0. The summed E-state index contributed by atoms with van der Waals surface area (Å²) in [6.45, 7) is 2.22. The van der Waals surface area contributed by atoms with Crippen LogP contribution in [0.3, 0.4) is 0 Å². The molecule has 0 aliphatic carbocycles. The van der Waals surface area contributed by atoms with Gasteiger partial charge in [0, 0.05) is 18.1 Å². The fraction of sp³-hybridized carbons (Fsp3) is 0.316. The standard InChI is InChI=1S/C19H20F3N5O2/c1-2-14-16(17(23)26-18(24)25-14)28-8-4-7-13-10-15(27-29-13)11-5-3-6-12(9-11)19(20,21)22/h3,5-6,9-10H,2,4,7-8H2,1H3,(H4,23,24,25,26). The summed E-state index contributed by atoms with van der Waals surface area (Å²) >= 11 is 0. The highest BCUT2D eigenvalue weighted by Crippen LogP contribution is 2.32. The lowest BCUT2D eigenvalue weighted by atomic mass is 10.1. The summed E-state index contributed by atoms with van der Waals surface area (Å²) in [4.78, 5) is 7.99. The van der Waals surface area contributed by atoms with Gasteiger partial charge >= 0.3 is 6.18 Å². The number of aryl methyl sites for hydroxylation is 2. The first kappa shape index (κ1) is 20.4. The second kappa shape index (κ2) is 8.38. The number of rotatable bonds is 7. The third-order valence-electron chi connectivity index (χ3n) is 4.17. The number of anilines is 2. The number of ether oxygens (including phenoxy) is 1. The van der Waals surface area contributed by atoms with Gasteiger partial charge in [-0.1, -0.05) is 24.2 Å². The Labute approximate surface area is 164 Å². The molecule has 0 aliphatic heterocycles. The van der Waals surface area contributed by atoms with Crippen LogP contribution in [0.1, 0.15) is 30.4 Å². The SMILES string of the molecule is CCc1nc(N)nc(N)c1OCCCc1cc(-c2cccc(C(F)(F)F)c2)no1. The Hall–Kier alpha value is -3.30. The maximum atomic E-state index is 12.9. The van der Waals surface area contributed by atoms with Crippen molar-refractivity contribution >= 4 is 11.8 Å². The van der Waals surface area contributed by atoms with E-state index >= 15 is 0 Å². The van der Waals surface area contributed by atoms with Gasteiger partial charge in [0.05, 0.1) is 17.9 Å². The second-order valence-electron chi connectivity index (χ2n) is 6.31. The molecular formula is C19H20F3N5O2. The molecule has 0 amide bonds. The monoisotopic (exact) mass is 407 g/mol. The van der Waals surface area contributed by atoms with Crippen LogP contribution >= 0.6 is 0 Å². The molecule has 0 unspecified atom stereocenters. The highest BCUT2D eigenvalue weighted by Gasteiger charge is 2.30. The molecule has 0 saturated carbocycles. The van der Waals surface area contributed by atoms with Gasteiger partial charge < -0.3 is 20.7 Å². The maximum absolute atomic E-state index is 12.9. The molecule has 0 atom stereocenters. The highest BCUT2D eigenvalue weighted by atomic mass is 19.4. The van der Waals surface area contributed by atoms with E-state index in [0.29, 0.717) is 54.3 Å². The fourth-order valence-electron chi connectivity index (χ4n) is 2.78. The zero-order valence-electron chi connectivity index (χ0n) is 15.7. The number of hydrogen-bond donors (Lipinski definition) is 2. The number of nitrogen functional groups attached to an aromatic ring is 2. The molecule has 0 radical (unpaired) electrons. The predicted molar refractivity (Wildman–Crippen MR) is 101 cm³/mol. The van der Waals surface area contributed by atoms with Gasteiger partial charge in [-0.25, -0.2) is 4.98 Å². The van der Waals surface area contributed by atoms with Crippen molar-refractivity contribution in [2.24, 2.45) is 0 Å². The number of halogens is 3. The molecule has 3 aromatic rings. The van der Waals surface area contributed by atoms with E-state index in [-0.39, 0.29) is 11.8 Å². The summed E-state index contributed by atoms with van der Waals surface area (Å²) < 4.78 is 49.5. The summed E-state index contributed by atoms with van der Waals surface area (Å²) in [6, 6.07) is 6.56. The molecular weight excluding hydrogens is 387 g/mol. The van der Waals surface area contributed by atoms with E-state index in [1.54, 1.807) is 12.1 Å². The van der Waals surface area contributed by atoms with Crippen LogP contribution in [-0.2, 0) is 19.0 Å². The van der Waals surface area contributed by atoms with E-state index in [0.717, 1.165) is 12.1 Å². The molecule has 3 rings (SSSR count). The zero-order valence-corrected chi connectivity index (χ0v) is 15.7. The summed E-state index contributed by atoms with van der Waals surface area (Å²) in [5.74, 6) is 1.22. The minimum absolute atomic E-state index is 0.0930. The van der Waals surface area contributed by atoms with Crippen molar-refractivity contribution in [3.63, 3.8) is 0 Å². The summed E-state index contributed by atoms with van der Waals surface area (Å²) in [6.07, 6.45) is -2.76. The Balaban J connectivity index is 1.60. The summed E-state index contributed by atoms with van der Waals surface area (Å²) in [5, 5.41) is 3.86. The number of alkyl halides is 3. The van der Waals surface area contributed by atoms with Gasteiger partial charge in [-0.3, -0.25) is 0 Å². The van der Waals surface area contributed by atoms with Crippen molar-refractivity contribution in [3.8, 4) is 17.0 Å². The van der Waals surface area contributed by atoms with Crippen LogP contribution in [0.2, 0.25) is 0 Å². The Bertz CT molecular complexity index is 988. The van der Waals surface area contributed by atoms with Gasteiger partial charge in [0.2, 0.25) is 5.95 Å². The molecule has 0 fully saturated rings. The third kappa shape index (κ3) is 4.95. The second-order valence-corrected chi connectivity index (χ2v) is 6.31. The van der Waals surface area contributed by atoms with Gasteiger partial charge in [0.1, 0.15) is 11.5 Å². The number of nitrogens with two attached hydrogens (primary N) is 2. The molecule has 29 heavy (non-hydrogen) atoms. The smallest absolute Gasteiger partial charge is 0.416 e. The molecule has 0 aliphatic rings. The third-order valence-corrected chi connectivity index (χ3v) is 4.17. The quantitative estimate of drug-likeness (QED) is 0.571. The molecule has 154 valence electrons. The first-order chi connectivity index (χ1) is 13.8. The highest BCUT2D eigenvalue weighted by molar-refractivity contribution is 5.60. The lowest BCUT2D eigenvalue weighted by Gasteiger charge is -2.11. The van der Waals surface area contributed by atoms with Gasteiger partial charge in [-0.15, -0.1) is 0 Å². The van der Waals surface area contributed by atoms with Crippen molar-refractivity contribution in [3.05, 3.63) is 47.3 Å². The number of hydrogen-bond acceptors (Lipinski definition) is 7. The van der Waals surface area contributed by atoms with E-state index in [1.165, 1.54) is 6.07 Å². The van der Waals surface area contributed by atoms with E-state index in [2.05, 4.69) is 15.1 Å². The zero-order chi connectivity index (χ0) is 21.0. The van der Waals surface area contributed by atoms with Gasteiger partial charge in [-0.05, 0) is 25.0 Å². The van der Waals surface area contributed by atoms with Crippen molar-refractivity contribution in [1.29, 1.82) is 0 Å². The molecule has 2 aromatic heterocycles. The average molecular weight is 407 g/mol. The molecule has 0 spiro atoms. The van der Waals surface area contributed by atoms with Crippen molar-refractivity contribution in [2.75, 3.05) is 18.1 Å². The van der Waals surface area contributed by atoms with Crippen LogP contribution in [0.4, 0.5) is 24.9 Å². The number of aromatic nitrogens is 3. The van der Waals surface area contributed by atoms with E-state index in [4.69, 9.17) is 20.7 Å². The Kier molecular flexibility index (Phi) is 5.90. The first-order valence-electron chi connectivity index (χ1n) is 8.95. The largest absolute Gasteiger partial charge is 0.488 e. The maximum Gasteiger partial charge on any atom is 0.416 e. The Morgan fingerprint density at radius 2 is 1.93 bits per heavy atom. The molecule has 4 N–H and O–H groups in total. The van der Waals surface area contributed by atoms with Crippen LogP contribution in [-0.4, -0.2) is 21.7 Å². The normalized spacial score (nSPS) is 11.6. The average Bonchev–Trinajstić information content (AvgIpc) is 3.14. The van der Waals surface area contributed by atoms with Crippen LogP contribution in [0.15, 0.2) is 34.9 Å². The Morgan fingerprint density at radius 1 is 1.14 bits per heavy atom. The lowest BCUT2D eigenvalue weighted by molar-refractivity contribution is -0.137. The first-order valence-corrected chi connectivity index (χ1v) is 8.95. The van der Waals surface area contributed by atoms with Crippen LogP contribution in [0, 0.1) is 0 Å². The van der Waals surface area contributed by atoms with Gasteiger partial charge in [0.25, 0.3) is 0 Å². The molecule has 1 aromatic carbocycles. The number of benzene rings is 1. The van der Waals surface area contributed by atoms with Crippen LogP contribution in [0.5, 0.6) is 5.75 Å². The molecule has 10 heteroatoms. The van der Waals surface area contributed by atoms with Gasteiger partial charge in [0.15, 0.2) is 11.6 Å². The van der Waals surface area contributed by atoms with Crippen molar-refractivity contribution < 1.29 is 22.4 Å². The molecule has 0 bridgehead atoms. The topological polar surface area (TPSA) is 113 Å². The molecule has 7 nitrogen and oxygen atoms in total. The molecule has 2 heterocycles. The van der Waals surface area contributed by atoms with Gasteiger partial charge in [-0.2, -0.15) is 18.2 Å². The lowest BCUT2D eigenvalue weighted by Crippen LogP contribution is -2.09.